The number of carbonyl (C=O) groups is 1. The number of hydrogen-bond acceptors (Lipinski definition) is 2. The van der Waals surface area contributed by atoms with Gasteiger partial charge in [-0.05, 0) is 23.8 Å². The summed E-state index contributed by atoms with van der Waals surface area (Å²) in [5.41, 5.74) is 0.915. The summed E-state index contributed by atoms with van der Waals surface area (Å²) in [5.74, 6) is -0.764. The third-order valence-electron chi connectivity index (χ3n) is 1.81. The largest absolute Gasteiger partial charge is 0.496 e. The number of methoxy groups -OCH3 is 1. The van der Waals surface area contributed by atoms with Crippen molar-refractivity contribution in [1.82, 2.24) is 0 Å². The van der Waals surface area contributed by atoms with Crippen LogP contribution in [0.3, 0.4) is 0 Å². The quantitative estimate of drug-likeness (QED) is 0.498. The van der Waals surface area contributed by atoms with Gasteiger partial charge < -0.3 is 9.84 Å². The van der Waals surface area contributed by atoms with E-state index in [2.05, 4.69) is 0 Å². The van der Waals surface area contributed by atoms with Crippen molar-refractivity contribution < 1.29 is 14.6 Å². The van der Waals surface area contributed by atoms with Crippen LogP contribution in [0.2, 0.25) is 5.02 Å². The van der Waals surface area contributed by atoms with Crippen LogP contribution in [0, 0.1) is 0 Å². The van der Waals surface area contributed by atoms with Gasteiger partial charge in [0.25, 0.3) is 0 Å². The molecule has 1 N–H and O–H groups in total. The molecule has 0 radical (unpaired) electrons. The Morgan fingerprint density at radius 3 is 2.50 bits per heavy atom. The minimum Gasteiger partial charge on any atom is -0.496 e. The average Bonchev–Trinajstić information content (AvgIpc) is 2.26. The molecule has 0 aliphatic heterocycles. The molecule has 84 valence electrons. The van der Waals surface area contributed by atoms with Crippen LogP contribution in [0.4, 0.5) is 0 Å². The van der Waals surface area contributed by atoms with Gasteiger partial charge in [-0.25, -0.2) is 4.79 Å². The standard InChI is InChI=1S/C12H11ClO3/c1-16-11(8-12(14)15)7-4-9-2-5-10(13)6-3-9/h2-8H,1H3,(H,14,15)/b7-4+,11-8-. The summed E-state index contributed by atoms with van der Waals surface area (Å²) in [5, 5.41) is 9.20. The maximum absolute atomic E-state index is 10.4. The number of carboxylic acid groups (broad SMARTS) is 1. The van der Waals surface area contributed by atoms with Gasteiger partial charge in [-0.2, -0.15) is 0 Å². The van der Waals surface area contributed by atoms with E-state index in [1.54, 1.807) is 24.3 Å². The van der Waals surface area contributed by atoms with E-state index in [4.69, 9.17) is 21.4 Å². The zero-order valence-corrected chi connectivity index (χ0v) is 9.44. The molecule has 0 aromatic heterocycles. The topological polar surface area (TPSA) is 46.5 Å². The molecule has 1 rings (SSSR count). The van der Waals surface area contributed by atoms with Gasteiger partial charge in [0.05, 0.1) is 13.2 Å². The molecule has 3 nitrogen and oxygen atoms in total. The number of aliphatic carboxylic acids is 1. The highest BCUT2D eigenvalue weighted by Gasteiger charge is 1.95. The van der Waals surface area contributed by atoms with Crippen LogP contribution in [-0.4, -0.2) is 18.2 Å². The molecule has 0 amide bonds. The fourth-order valence-corrected chi connectivity index (χ4v) is 1.18. The first kappa shape index (κ1) is 12.3. The molecular formula is C12H11ClO3. The van der Waals surface area contributed by atoms with Gasteiger partial charge in [0.2, 0.25) is 0 Å². The van der Waals surface area contributed by atoms with Crippen molar-refractivity contribution in [3.8, 4) is 0 Å². The smallest absolute Gasteiger partial charge is 0.332 e. The second kappa shape index (κ2) is 5.98. The number of benzene rings is 1. The lowest BCUT2D eigenvalue weighted by Crippen LogP contribution is -1.92. The molecule has 0 atom stereocenters. The van der Waals surface area contributed by atoms with E-state index in [1.807, 2.05) is 12.1 Å². The summed E-state index contributed by atoms with van der Waals surface area (Å²) in [6.07, 6.45) is 4.32. The first-order valence-corrected chi connectivity index (χ1v) is 4.92. The van der Waals surface area contributed by atoms with Gasteiger partial charge in [0.15, 0.2) is 0 Å². The normalized spacial score (nSPS) is 11.8. The predicted molar refractivity (Wildman–Crippen MR) is 63.2 cm³/mol. The van der Waals surface area contributed by atoms with Crippen molar-refractivity contribution in [1.29, 1.82) is 0 Å². The van der Waals surface area contributed by atoms with Gasteiger partial charge in [-0.1, -0.05) is 29.8 Å². The van der Waals surface area contributed by atoms with E-state index in [9.17, 15) is 4.79 Å². The molecule has 0 saturated carbocycles. The Bertz CT molecular complexity index is 418. The van der Waals surface area contributed by atoms with E-state index in [1.165, 1.54) is 7.11 Å². The van der Waals surface area contributed by atoms with Gasteiger partial charge in [0.1, 0.15) is 5.76 Å². The van der Waals surface area contributed by atoms with Crippen molar-refractivity contribution in [3.63, 3.8) is 0 Å². The molecule has 1 aromatic rings. The van der Waals surface area contributed by atoms with Crippen LogP contribution in [0.15, 0.2) is 42.2 Å². The van der Waals surface area contributed by atoms with Crippen LogP contribution in [0.5, 0.6) is 0 Å². The Morgan fingerprint density at radius 1 is 1.38 bits per heavy atom. The van der Waals surface area contributed by atoms with Crippen molar-refractivity contribution in [2.75, 3.05) is 7.11 Å². The molecule has 0 fully saturated rings. The molecule has 1 aromatic carbocycles. The van der Waals surface area contributed by atoms with E-state index < -0.39 is 5.97 Å². The Hall–Kier alpha value is -1.74. The second-order valence-corrected chi connectivity index (χ2v) is 3.41. The number of hydrogen-bond donors (Lipinski definition) is 1. The van der Waals surface area contributed by atoms with E-state index in [0.29, 0.717) is 5.02 Å². The molecule has 16 heavy (non-hydrogen) atoms. The van der Waals surface area contributed by atoms with Crippen LogP contribution >= 0.6 is 11.6 Å². The maximum Gasteiger partial charge on any atom is 0.332 e. The average molecular weight is 239 g/mol. The molecule has 0 heterocycles. The monoisotopic (exact) mass is 238 g/mol. The van der Waals surface area contributed by atoms with Crippen LogP contribution < -0.4 is 0 Å². The third-order valence-corrected chi connectivity index (χ3v) is 2.06. The highest BCUT2D eigenvalue weighted by atomic mass is 35.5. The van der Waals surface area contributed by atoms with Gasteiger partial charge >= 0.3 is 5.97 Å². The minimum absolute atomic E-state index is 0.280. The van der Waals surface area contributed by atoms with Crippen molar-refractivity contribution >= 4 is 23.6 Å². The van der Waals surface area contributed by atoms with Crippen molar-refractivity contribution in [2.24, 2.45) is 0 Å². The number of carboxylic acids is 1. The number of allylic oxidation sites excluding steroid dienone is 1. The lowest BCUT2D eigenvalue weighted by Gasteiger charge is -1.98. The molecule has 0 bridgehead atoms. The summed E-state index contributed by atoms with van der Waals surface area (Å²) in [6, 6.07) is 7.17. The lowest BCUT2D eigenvalue weighted by atomic mass is 10.2. The zero-order valence-electron chi connectivity index (χ0n) is 8.68. The summed E-state index contributed by atoms with van der Waals surface area (Å²) < 4.78 is 4.87. The Morgan fingerprint density at radius 2 is 2.00 bits per heavy atom. The fourth-order valence-electron chi connectivity index (χ4n) is 1.05. The molecular weight excluding hydrogens is 228 g/mol. The molecule has 0 aliphatic rings. The fraction of sp³-hybridized carbons (Fsp3) is 0.0833. The number of ether oxygens (including phenoxy) is 1. The first-order chi connectivity index (χ1) is 7.61. The third kappa shape index (κ3) is 4.19. The Balaban J connectivity index is 2.79. The molecule has 0 aliphatic carbocycles. The molecule has 0 spiro atoms. The lowest BCUT2D eigenvalue weighted by molar-refractivity contribution is -0.131. The highest BCUT2D eigenvalue weighted by Crippen LogP contribution is 2.11. The van der Waals surface area contributed by atoms with Crippen LogP contribution in [0.25, 0.3) is 6.08 Å². The summed E-state index contributed by atoms with van der Waals surface area (Å²) in [7, 11) is 1.42. The van der Waals surface area contributed by atoms with Gasteiger partial charge in [-0.3, -0.25) is 0 Å². The Labute approximate surface area is 98.6 Å². The van der Waals surface area contributed by atoms with E-state index in [-0.39, 0.29) is 5.76 Å². The van der Waals surface area contributed by atoms with Crippen LogP contribution in [-0.2, 0) is 9.53 Å². The molecule has 4 heteroatoms. The SMILES string of the molecule is COC(=C\C(=O)O)/C=C/c1ccc(Cl)cc1. The second-order valence-electron chi connectivity index (χ2n) is 2.97. The van der Waals surface area contributed by atoms with E-state index in [0.717, 1.165) is 11.6 Å². The predicted octanol–water partition coefficient (Wildman–Crippen LogP) is 2.97. The number of rotatable bonds is 4. The summed E-state index contributed by atoms with van der Waals surface area (Å²) in [6.45, 7) is 0. The van der Waals surface area contributed by atoms with Gasteiger partial charge in [-0.15, -0.1) is 0 Å². The highest BCUT2D eigenvalue weighted by molar-refractivity contribution is 6.30. The van der Waals surface area contributed by atoms with Crippen LogP contribution in [0.1, 0.15) is 5.56 Å². The summed E-state index contributed by atoms with van der Waals surface area (Å²) >= 11 is 5.73. The molecule has 0 saturated heterocycles. The zero-order chi connectivity index (χ0) is 12.0. The Kier molecular flexibility index (Phi) is 4.61. The first-order valence-electron chi connectivity index (χ1n) is 4.54. The minimum atomic E-state index is -1.04. The van der Waals surface area contributed by atoms with Gasteiger partial charge in [0, 0.05) is 5.02 Å². The number of halogens is 1. The molecule has 0 unspecified atom stereocenters. The van der Waals surface area contributed by atoms with Crippen molar-refractivity contribution in [2.45, 2.75) is 0 Å². The van der Waals surface area contributed by atoms with Crippen molar-refractivity contribution in [3.05, 3.63) is 52.8 Å². The maximum atomic E-state index is 10.4. The van der Waals surface area contributed by atoms with E-state index >= 15 is 0 Å². The summed E-state index contributed by atoms with van der Waals surface area (Å²) in [4.78, 5) is 10.4.